The first-order chi connectivity index (χ1) is 15.4. The number of carbonyl (C=O) groups excluding carboxylic acids is 2. The molecule has 1 aliphatic heterocycles. The first kappa shape index (κ1) is 23.5. The van der Waals surface area contributed by atoms with Gasteiger partial charge in [-0.15, -0.1) is 0 Å². The number of Topliss-reactive ketones (excluding diaryl/α,β-unsaturated/α-hetero) is 1. The molecule has 2 aromatic carbocycles. The number of amides is 1. The summed E-state index contributed by atoms with van der Waals surface area (Å²) in [6.07, 6.45) is 1.78. The zero-order valence-electron chi connectivity index (χ0n) is 19.3. The van der Waals surface area contributed by atoms with Crippen LogP contribution >= 0.6 is 0 Å². The van der Waals surface area contributed by atoms with Gasteiger partial charge in [0.1, 0.15) is 11.5 Å². The molecule has 6 heteroatoms. The third-order valence-corrected chi connectivity index (χ3v) is 5.63. The Morgan fingerprint density at radius 3 is 2.25 bits per heavy atom. The lowest BCUT2D eigenvalue weighted by molar-refractivity contribution is -0.140. The number of aliphatic hydroxyl groups is 1. The highest BCUT2D eigenvalue weighted by Crippen LogP contribution is 2.39. The fourth-order valence-corrected chi connectivity index (χ4v) is 3.79. The zero-order chi connectivity index (χ0) is 23.3. The SMILES string of the molecule is CCCOc1ccc(C2/C(=C(/O)c3ccc(CC)cc3)C(=O)C(=O)N2CCN(C)C)cc1. The monoisotopic (exact) mass is 436 g/mol. The predicted molar refractivity (Wildman–Crippen MR) is 126 cm³/mol. The number of hydrogen-bond donors (Lipinski definition) is 1. The first-order valence-corrected chi connectivity index (χ1v) is 11.1. The van der Waals surface area contributed by atoms with E-state index in [-0.39, 0.29) is 11.3 Å². The van der Waals surface area contributed by atoms with Gasteiger partial charge in [0.15, 0.2) is 0 Å². The molecule has 1 fully saturated rings. The second-order valence-corrected chi connectivity index (χ2v) is 8.26. The van der Waals surface area contributed by atoms with Crippen LogP contribution < -0.4 is 4.74 Å². The molecule has 1 atom stereocenters. The molecule has 1 heterocycles. The fraction of sp³-hybridized carbons (Fsp3) is 0.385. The molecule has 0 bridgehead atoms. The van der Waals surface area contributed by atoms with Crippen molar-refractivity contribution in [2.45, 2.75) is 32.7 Å². The van der Waals surface area contributed by atoms with Crippen LogP contribution in [0.3, 0.4) is 0 Å². The number of benzene rings is 2. The minimum Gasteiger partial charge on any atom is -0.507 e. The van der Waals surface area contributed by atoms with E-state index in [4.69, 9.17) is 4.74 Å². The van der Waals surface area contributed by atoms with Crippen LogP contribution in [-0.4, -0.2) is 60.4 Å². The van der Waals surface area contributed by atoms with Crippen molar-refractivity contribution in [2.24, 2.45) is 0 Å². The second-order valence-electron chi connectivity index (χ2n) is 8.26. The Labute approximate surface area is 190 Å². The number of aliphatic hydroxyl groups excluding tert-OH is 1. The maximum Gasteiger partial charge on any atom is 0.295 e. The molecule has 32 heavy (non-hydrogen) atoms. The topological polar surface area (TPSA) is 70.1 Å². The van der Waals surface area contributed by atoms with Crippen molar-refractivity contribution in [1.29, 1.82) is 0 Å². The Balaban J connectivity index is 2.05. The zero-order valence-corrected chi connectivity index (χ0v) is 19.3. The molecule has 1 N–H and O–H groups in total. The molecule has 170 valence electrons. The summed E-state index contributed by atoms with van der Waals surface area (Å²) < 4.78 is 5.67. The van der Waals surface area contributed by atoms with Gasteiger partial charge in [0.05, 0.1) is 18.2 Å². The molecule has 0 saturated carbocycles. The van der Waals surface area contributed by atoms with Crippen LogP contribution in [0.1, 0.15) is 43.0 Å². The molecule has 0 aromatic heterocycles. The van der Waals surface area contributed by atoms with Gasteiger partial charge in [-0.1, -0.05) is 50.2 Å². The fourth-order valence-electron chi connectivity index (χ4n) is 3.79. The van der Waals surface area contributed by atoms with Crippen LogP contribution in [0.4, 0.5) is 0 Å². The minimum atomic E-state index is -0.655. The molecule has 6 nitrogen and oxygen atoms in total. The van der Waals surface area contributed by atoms with Crippen LogP contribution in [-0.2, 0) is 16.0 Å². The summed E-state index contributed by atoms with van der Waals surface area (Å²) in [6, 6.07) is 14.2. The molecule has 0 spiro atoms. The lowest BCUT2D eigenvalue weighted by atomic mass is 9.95. The Morgan fingerprint density at radius 1 is 1.03 bits per heavy atom. The summed E-state index contributed by atoms with van der Waals surface area (Å²) in [6.45, 7) is 5.70. The third kappa shape index (κ3) is 5.02. The van der Waals surface area contributed by atoms with E-state index in [1.807, 2.05) is 62.3 Å². The number of carbonyl (C=O) groups is 2. The van der Waals surface area contributed by atoms with Gasteiger partial charge in [0.25, 0.3) is 11.7 Å². The molecule has 2 aromatic rings. The summed E-state index contributed by atoms with van der Waals surface area (Å²) in [5.74, 6) is -0.655. The van der Waals surface area contributed by atoms with Gasteiger partial charge in [0.2, 0.25) is 0 Å². The van der Waals surface area contributed by atoms with E-state index < -0.39 is 17.7 Å². The van der Waals surface area contributed by atoms with E-state index in [1.54, 1.807) is 17.0 Å². The summed E-state index contributed by atoms with van der Waals surface area (Å²) >= 11 is 0. The molecular weight excluding hydrogens is 404 g/mol. The van der Waals surface area contributed by atoms with Crippen molar-refractivity contribution >= 4 is 17.4 Å². The molecule has 1 aliphatic rings. The van der Waals surface area contributed by atoms with E-state index in [2.05, 4.69) is 6.92 Å². The first-order valence-electron chi connectivity index (χ1n) is 11.1. The predicted octanol–water partition coefficient (Wildman–Crippen LogP) is 4.02. The molecular formula is C26H32N2O4. The van der Waals surface area contributed by atoms with Crippen LogP contribution in [0, 0.1) is 0 Å². The molecule has 1 saturated heterocycles. The molecule has 0 aliphatic carbocycles. The number of hydrogen-bond acceptors (Lipinski definition) is 5. The Bertz CT molecular complexity index is 978. The number of ketones is 1. The molecule has 3 rings (SSSR count). The van der Waals surface area contributed by atoms with E-state index in [0.717, 1.165) is 29.7 Å². The minimum absolute atomic E-state index is 0.125. The van der Waals surface area contributed by atoms with Crippen LogP contribution in [0.5, 0.6) is 5.75 Å². The van der Waals surface area contributed by atoms with Crippen molar-refractivity contribution in [3.05, 3.63) is 70.8 Å². The molecule has 1 amide bonds. The van der Waals surface area contributed by atoms with Crippen molar-refractivity contribution in [2.75, 3.05) is 33.8 Å². The smallest absolute Gasteiger partial charge is 0.295 e. The maximum absolute atomic E-state index is 13.0. The quantitative estimate of drug-likeness (QED) is 0.365. The van der Waals surface area contributed by atoms with Gasteiger partial charge in [0, 0.05) is 18.7 Å². The van der Waals surface area contributed by atoms with Crippen LogP contribution in [0.25, 0.3) is 5.76 Å². The van der Waals surface area contributed by atoms with E-state index in [0.29, 0.717) is 25.3 Å². The van der Waals surface area contributed by atoms with E-state index >= 15 is 0 Å². The summed E-state index contributed by atoms with van der Waals surface area (Å²) in [5.41, 5.74) is 2.55. The van der Waals surface area contributed by atoms with Crippen LogP contribution in [0.2, 0.25) is 0 Å². The Morgan fingerprint density at radius 2 is 1.69 bits per heavy atom. The number of likely N-dealkylation sites (N-methyl/N-ethyl adjacent to an activating group) is 1. The average molecular weight is 437 g/mol. The van der Waals surface area contributed by atoms with Crippen molar-refractivity contribution in [1.82, 2.24) is 9.80 Å². The highest BCUT2D eigenvalue weighted by atomic mass is 16.5. The van der Waals surface area contributed by atoms with Gasteiger partial charge < -0.3 is 19.6 Å². The van der Waals surface area contributed by atoms with E-state index in [9.17, 15) is 14.7 Å². The number of nitrogens with zero attached hydrogens (tertiary/aromatic N) is 2. The largest absolute Gasteiger partial charge is 0.507 e. The summed E-state index contributed by atoms with van der Waals surface area (Å²) in [7, 11) is 3.83. The highest BCUT2D eigenvalue weighted by Gasteiger charge is 2.45. The Kier molecular flexibility index (Phi) is 7.70. The van der Waals surface area contributed by atoms with Crippen LogP contribution in [0.15, 0.2) is 54.1 Å². The third-order valence-electron chi connectivity index (χ3n) is 5.63. The van der Waals surface area contributed by atoms with Gasteiger partial charge in [-0.05, 0) is 50.2 Å². The van der Waals surface area contributed by atoms with Crippen molar-refractivity contribution in [3.63, 3.8) is 0 Å². The van der Waals surface area contributed by atoms with Gasteiger partial charge in [-0.25, -0.2) is 0 Å². The van der Waals surface area contributed by atoms with Gasteiger partial charge >= 0.3 is 0 Å². The van der Waals surface area contributed by atoms with Gasteiger partial charge in [-0.3, -0.25) is 9.59 Å². The standard InChI is InChI=1S/C26H32N2O4/c1-5-17-32-21-13-11-19(12-14-21)23-22(24(29)20-9-7-18(6-2)8-10-20)25(30)26(31)28(23)16-15-27(3)4/h7-14,23,29H,5-6,15-17H2,1-4H3/b24-22-. The number of aryl methyl sites for hydroxylation is 1. The molecule has 0 radical (unpaired) electrons. The van der Waals surface area contributed by atoms with Crippen molar-refractivity contribution in [3.8, 4) is 5.75 Å². The normalized spacial score (nSPS) is 17.9. The van der Waals surface area contributed by atoms with Crippen molar-refractivity contribution < 1.29 is 19.4 Å². The van der Waals surface area contributed by atoms with Gasteiger partial charge in [-0.2, -0.15) is 0 Å². The Hall–Kier alpha value is -3.12. The number of ether oxygens (including phenoxy) is 1. The summed E-state index contributed by atoms with van der Waals surface area (Å²) in [4.78, 5) is 29.5. The number of rotatable bonds is 9. The lowest BCUT2D eigenvalue weighted by Crippen LogP contribution is -2.35. The number of likely N-dealkylation sites (tertiary alicyclic amines) is 1. The molecule has 1 unspecified atom stereocenters. The summed E-state index contributed by atoms with van der Waals surface area (Å²) in [5, 5.41) is 11.1. The van der Waals surface area contributed by atoms with E-state index in [1.165, 1.54) is 0 Å². The average Bonchev–Trinajstić information content (AvgIpc) is 3.06. The second kappa shape index (κ2) is 10.5. The maximum atomic E-state index is 13.0. The lowest BCUT2D eigenvalue weighted by Gasteiger charge is -2.26. The highest BCUT2D eigenvalue weighted by molar-refractivity contribution is 6.46.